The Bertz CT molecular complexity index is 729. The van der Waals surface area contributed by atoms with Crippen LogP contribution in [-0.4, -0.2) is 22.3 Å². The molecule has 1 aromatic heterocycles. The van der Waals surface area contributed by atoms with Crippen LogP contribution < -0.4 is 0 Å². The monoisotopic (exact) mass is 322 g/mol. The highest BCUT2D eigenvalue weighted by Gasteiger charge is 2.27. The Kier molecular flexibility index (Phi) is 3.65. The minimum Gasteiger partial charge on any atom is -0.334 e. The van der Waals surface area contributed by atoms with Gasteiger partial charge in [0.1, 0.15) is 5.56 Å². The molecule has 0 spiro atoms. The molecule has 2 aromatic rings. The zero-order valence-corrected chi connectivity index (χ0v) is 12.5. The highest BCUT2D eigenvalue weighted by molar-refractivity contribution is 7.10. The molecule has 0 radical (unpaired) electrons. The fraction of sp³-hybridized carbons (Fsp3) is 0.214. The molecular formula is C14H11ClN2O3S. The van der Waals surface area contributed by atoms with E-state index < -0.39 is 4.92 Å². The molecule has 21 heavy (non-hydrogen) atoms. The van der Waals surface area contributed by atoms with E-state index in [2.05, 4.69) is 0 Å². The van der Waals surface area contributed by atoms with Crippen LogP contribution in [0.25, 0.3) is 0 Å². The summed E-state index contributed by atoms with van der Waals surface area (Å²) in [6.07, 6.45) is 0.785. The Labute approximate surface area is 129 Å². The predicted octanol–water partition coefficient (Wildman–Crippen LogP) is 3.51. The summed E-state index contributed by atoms with van der Waals surface area (Å²) in [6, 6.07) is 6.05. The maximum atomic E-state index is 12.6. The molecule has 0 atom stereocenters. The van der Waals surface area contributed by atoms with Gasteiger partial charge in [-0.1, -0.05) is 11.6 Å². The Morgan fingerprint density at radius 3 is 2.95 bits per heavy atom. The smallest absolute Gasteiger partial charge is 0.282 e. The first-order chi connectivity index (χ1) is 10.1. The molecule has 5 nitrogen and oxygen atoms in total. The molecule has 2 heterocycles. The van der Waals surface area contributed by atoms with Gasteiger partial charge in [0.05, 0.1) is 4.92 Å². The van der Waals surface area contributed by atoms with Crippen LogP contribution in [0, 0.1) is 10.1 Å². The quantitative estimate of drug-likeness (QED) is 0.628. The number of fused-ring (bicyclic) bond motifs is 1. The van der Waals surface area contributed by atoms with Crippen LogP contribution in [0.15, 0.2) is 29.6 Å². The second-order valence-corrected chi connectivity index (χ2v) is 6.20. The molecule has 1 aliphatic rings. The topological polar surface area (TPSA) is 63.4 Å². The molecule has 0 aliphatic carbocycles. The molecule has 1 aliphatic heterocycles. The lowest BCUT2D eigenvalue weighted by Crippen LogP contribution is -2.35. The van der Waals surface area contributed by atoms with Crippen molar-refractivity contribution in [2.24, 2.45) is 0 Å². The normalized spacial score (nSPS) is 13.9. The molecule has 0 saturated carbocycles. The van der Waals surface area contributed by atoms with Gasteiger partial charge in [0.25, 0.3) is 11.6 Å². The van der Waals surface area contributed by atoms with Crippen molar-refractivity contribution < 1.29 is 9.72 Å². The number of thiophene rings is 1. The predicted molar refractivity (Wildman–Crippen MR) is 80.9 cm³/mol. The van der Waals surface area contributed by atoms with Gasteiger partial charge < -0.3 is 4.90 Å². The lowest BCUT2D eigenvalue weighted by Gasteiger charge is -2.27. The van der Waals surface area contributed by atoms with Crippen LogP contribution >= 0.6 is 22.9 Å². The van der Waals surface area contributed by atoms with Gasteiger partial charge in [-0.05, 0) is 35.6 Å². The SMILES string of the molecule is O=C(c1cc(Cl)ccc1[N+](=O)[O-])N1CCc2sccc2C1. The van der Waals surface area contributed by atoms with Crippen LogP contribution in [0.1, 0.15) is 20.8 Å². The molecule has 7 heteroatoms. The van der Waals surface area contributed by atoms with E-state index in [1.165, 1.54) is 23.1 Å². The second kappa shape index (κ2) is 5.46. The Morgan fingerprint density at radius 2 is 2.19 bits per heavy atom. The first-order valence-corrected chi connectivity index (χ1v) is 7.60. The molecule has 3 rings (SSSR count). The van der Waals surface area contributed by atoms with Crippen molar-refractivity contribution in [1.82, 2.24) is 4.90 Å². The number of nitrogens with zero attached hydrogens (tertiary/aromatic N) is 2. The van der Waals surface area contributed by atoms with Crippen molar-refractivity contribution in [2.75, 3.05) is 6.54 Å². The van der Waals surface area contributed by atoms with Crippen LogP contribution in [0.2, 0.25) is 5.02 Å². The number of carbonyl (C=O) groups is 1. The van der Waals surface area contributed by atoms with Gasteiger partial charge in [0, 0.05) is 29.1 Å². The van der Waals surface area contributed by atoms with E-state index in [0.29, 0.717) is 18.1 Å². The number of rotatable bonds is 2. The molecule has 1 amide bonds. The zero-order chi connectivity index (χ0) is 15.0. The number of hydrogen-bond donors (Lipinski definition) is 0. The number of amides is 1. The highest BCUT2D eigenvalue weighted by Crippen LogP contribution is 2.28. The summed E-state index contributed by atoms with van der Waals surface area (Å²) in [5.41, 5.74) is 0.955. The number of halogens is 1. The summed E-state index contributed by atoms with van der Waals surface area (Å²) in [7, 11) is 0. The number of hydrogen-bond acceptors (Lipinski definition) is 4. The van der Waals surface area contributed by atoms with Gasteiger partial charge in [-0.25, -0.2) is 0 Å². The molecule has 108 valence electrons. The van der Waals surface area contributed by atoms with Crippen molar-refractivity contribution in [3.63, 3.8) is 0 Å². The van der Waals surface area contributed by atoms with Crippen molar-refractivity contribution in [1.29, 1.82) is 0 Å². The zero-order valence-electron chi connectivity index (χ0n) is 10.9. The molecule has 0 saturated heterocycles. The molecule has 0 unspecified atom stereocenters. The summed E-state index contributed by atoms with van der Waals surface area (Å²) in [6.45, 7) is 1.05. The van der Waals surface area contributed by atoms with Crippen molar-refractivity contribution >= 4 is 34.5 Å². The van der Waals surface area contributed by atoms with Gasteiger partial charge in [-0.15, -0.1) is 11.3 Å². The maximum absolute atomic E-state index is 12.6. The van der Waals surface area contributed by atoms with Crippen LogP contribution in [-0.2, 0) is 13.0 Å². The van der Waals surface area contributed by atoms with Gasteiger partial charge >= 0.3 is 0 Å². The largest absolute Gasteiger partial charge is 0.334 e. The van der Waals surface area contributed by atoms with Crippen LogP contribution in [0.4, 0.5) is 5.69 Å². The Hall–Kier alpha value is -1.92. The molecule has 0 N–H and O–H groups in total. The third-order valence-electron chi connectivity index (χ3n) is 3.48. The fourth-order valence-electron chi connectivity index (χ4n) is 2.43. The number of nitro benzene ring substituents is 1. The van der Waals surface area contributed by atoms with E-state index in [4.69, 9.17) is 11.6 Å². The molecule has 1 aromatic carbocycles. The average molecular weight is 323 g/mol. The second-order valence-electron chi connectivity index (χ2n) is 4.76. The summed E-state index contributed by atoms with van der Waals surface area (Å²) < 4.78 is 0. The third kappa shape index (κ3) is 2.64. The van der Waals surface area contributed by atoms with E-state index in [1.807, 2.05) is 11.4 Å². The first-order valence-electron chi connectivity index (χ1n) is 6.34. The minimum absolute atomic E-state index is 0.0474. The first kappa shape index (κ1) is 14.0. The van der Waals surface area contributed by atoms with Crippen molar-refractivity contribution in [2.45, 2.75) is 13.0 Å². The fourth-order valence-corrected chi connectivity index (χ4v) is 3.49. The summed E-state index contributed by atoms with van der Waals surface area (Å²) in [5.74, 6) is -0.346. The summed E-state index contributed by atoms with van der Waals surface area (Å²) in [5, 5.41) is 13.4. The lowest BCUT2D eigenvalue weighted by atomic mass is 10.1. The number of carbonyl (C=O) groups excluding carboxylic acids is 1. The van der Waals surface area contributed by atoms with Crippen molar-refractivity contribution in [3.8, 4) is 0 Å². The minimum atomic E-state index is -0.552. The third-order valence-corrected chi connectivity index (χ3v) is 4.74. The summed E-state index contributed by atoms with van der Waals surface area (Å²) >= 11 is 7.55. The maximum Gasteiger partial charge on any atom is 0.282 e. The Balaban J connectivity index is 1.93. The van der Waals surface area contributed by atoms with Crippen molar-refractivity contribution in [3.05, 3.63) is 60.8 Å². The highest BCUT2D eigenvalue weighted by atomic mass is 35.5. The van der Waals surface area contributed by atoms with Gasteiger partial charge in [0.15, 0.2) is 0 Å². The van der Waals surface area contributed by atoms with Gasteiger partial charge in [0.2, 0.25) is 0 Å². The molecule has 0 fully saturated rings. The molecule has 0 bridgehead atoms. The van der Waals surface area contributed by atoms with E-state index in [9.17, 15) is 14.9 Å². The van der Waals surface area contributed by atoms with E-state index in [0.717, 1.165) is 12.0 Å². The van der Waals surface area contributed by atoms with E-state index >= 15 is 0 Å². The summed E-state index contributed by atoms with van der Waals surface area (Å²) in [4.78, 5) is 26.0. The van der Waals surface area contributed by atoms with Gasteiger partial charge in [-0.2, -0.15) is 0 Å². The lowest BCUT2D eigenvalue weighted by molar-refractivity contribution is -0.385. The van der Waals surface area contributed by atoms with E-state index in [1.54, 1.807) is 16.2 Å². The van der Waals surface area contributed by atoms with E-state index in [-0.39, 0.29) is 17.2 Å². The number of benzene rings is 1. The standard InChI is InChI=1S/C14H11ClN2O3S/c15-10-1-2-12(17(19)20)11(7-10)14(18)16-5-3-13-9(8-16)4-6-21-13/h1-2,4,6-7H,3,5,8H2. The van der Waals surface area contributed by atoms with Crippen LogP contribution in [0.5, 0.6) is 0 Å². The Morgan fingerprint density at radius 1 is 1.38 bits per heavy atom. The number of nitro groups is 1. The van der Waals surface area contributed by atoms with Gasteiger partial charge in [-0.3, -0.25) is 14.9 Å². The molecular weight excluding hydrogens is 312 g/mol. The average Bonchev–Trinajstić information content (AvgIpc) is 2.93. The van der Waals surface area contributed by atoms with Crippen LogP contribution in [0.3, 0.4) is 0 Å².